The minimum Gasteiger partial charge on any atom is -0.493 e. The van der Waals surface area contributed by atoms with Gasteiger partial charge in [0.15, 0.2) is 11.5 Å². The number of pyridine rings is 1. The summed E-state index contributed by atoms with van der Waals surface area (Å²) in [5.74, 6) is 0.798. The lowest BCUT2D eigenvalue weighted by molar-refractivity contribution is 0.0724. The van der Waals surface area contributed by atoms with Crippen LogP contribution >= 0.6 is 0 Å². The van der Waals surface area contributed by atoms with Crippen LogP contribution in [0.15, 0.2) is 30.6 Å². The number of nitrogens with one attached hydrogen (secondary N) is 1. The molecule has 0 atom stereocenters. The summed E-state index contributed by atoms with van der Waals surface area (Å²) in [6.45, 7) is 1.47. The van der Waals surface area contributed by atoms with E-state index in [1.165, 1.54) is 33.7 Å². The fourth-order valence-corrected chi connectivity index (χ4v) is 3.32. The summed E-state index contributed by atoms with van der Waals surface area (Å²) in [5, 5.41) is 2.79. The Morgan fingerprint density at radius 1 is 0.897 bits per heavy atom. The highest BCUT2D eigenvalue weighted by molar-refractivity contribution is 6.06. The van der Waals surface area contributed by atoms with Gasteiger partial charge in [-0.25, -0.2) is 0 Å². The van der Waals surface area contributed by atoms with Crippen LogP contribution in [0.4, 0.5) is 5.69 Å². The molecule has 2 amide bonds. The number of carbonyl (C=O) groups excluding carboxylic acids is 2. The van der Waals surface area contributed by atoms with E-state index >= 15 is 0 Å². The van der Waals surface area contributed by atoms with Crippen molar-refractivity contribution in [3.63, 3.8) is 0 Å². The molecule has 0 aliphatic carbocycles. The summed E-state index contributed by atoms with van der Waals surface area (Å²) < 4.78 is 15.9. The molecule has 1 saturated heterocycles. The smallest absolute Gasteiger partial charge is 0.257 e. The number of piperidine rings is 1. The van der Waals surface area contributed by atoms with Crippen LogP contribution in [-0.2, 0) is 0 Å². The van der Waals surface area contributed by atoms with Gasteiger partial charge >= 0.3 is 0 Å². The third-order valence-electron chi connectivity index (χ3n) is 4.81. The predicted molar refractivity (Wildman–Crippen MR) is 108 cm³/mol. The molecule has 1 aliphatic rings. The number of hydrogen-bond donors (Lipinski definition) is 1. The first kappa shape index (κ1) is 20.4. The van der Waals surface area contributed by atoms with Crippen LogP contribution in [0.3, 0.4) is 0 Å². The lowest BCUT2D eigenvalue weighted by Crippen LogP contribution is -2.35. The molecule has 0 radical (unpaired) electrons. The highest BCUT2D eigenvalue weighted by atomic mass is 16.5. The number of carbonyl (C=O) groups is 2. The summed E-state index contributed by atoms with van der Waals surface area (Å²) in [5.41, 5.74) is 1.17. The lowest BCUT2D eigenvalue weighted by Gasteiger charge is -2.26. The molecule has 0 saturated carbocycles. The SMILES string of the molecule is COc1cc(NC(=O)c2cncc(C(=O)N3CCCCC3)c2)cc(OC)c1OC. The Kier molecular flexibility index (Phi) is 6.54. The van der Waals surface area contributed by atoms with Crippen LogP contribution in [0.5, 0.6) is 17.2 Å². The van der Waals surface area contributed by atoms with E-state index in [1.54, 1.807) is 23.1 Å². The van der Waals surface area contributed by atoms with Crippen LogP contribution < -0.4 is 19.5 Å². The van der Waals surface area contributed by atoms with Crippen molar-refractivity contribution in [1.29, 1.82) is 0 Å². The minimum absolute atomic E-state index is 0.0976. The number of nitrogens with zero attached hydrogens (tertiary/aromatic N) is 2. The maximum absolute atomic E-state index is 12.7. The van der Waals surface area contributed by atoms with Crippen LogP contribution in [-0.4, -0.2) is 56.1 Å². The quantitative estimate of drug-likeness (QED) is 0.803. The van der Waals surface area contributed by atoms with E-state index in [2.05, 4.69) is 10.3 Å². The zero-order valence-corrected chi connectivity index (χ0v) is 16.9. The largest absolute Gasteiger partial charge is 0.493 e. The second kappa shape index (κ2) is 9.27. The molecule has 2 aromatic rings. The summed E-state index contributed by atoms with van der Waals surface area (Å²) in [6, 6.07) is 4.84. The molecule has 2 heterocycles. The second-order valence-corrected chi connectivity index (χ2v) is 6.68. The van der Waals surface area contributed by atoms with E-state index in [4.69, 9.17) is 14.2 Å². The molecule has 0 bridgehead atoms. The first-order valence-corrected chi connectivity index (χ1v) is 9.43. The van der Waals surface area contributed by atoms with Gasteiger partial charge in [-0.15, -0.1) is 0 Å². The van der Waals surface area contributed by atoms with E-state index in [9.17, 15) is 9.59 Å². The van der Waals surface area contributed by atoms with E-state index in [0.717, 1.165) is 32.4 Å². The molecule has 1 fully saturated rings. The number of aromatic nitrogens is 1. The molecule has 3 rings (SSSR count). The van der Waals surface area contributed by atoms with Gasteiger partial charge in [0, 0.05) is 43.3 Å². The number of methoxy groups -OCH3 is 3. The average Bonchev–Trinajstić information content (AvgIpc) is 2.78. The Balaban J connectivity index is 1.80. The highest BCUT2D eigenvalue weighted by Crippen LogP contribution is 2.40. The number of anilines is 1. The molecule has 1 aliphatic heterocycles. The van der Waals surface area contributed by atoms with Gasteiger partial charge in [-0.05, 0) is 25.3 Å². The van der Waals surface area contributed by atoms with Gasteiger partial charge in [0.25, 0.3) is 11.8 Å². The van der Waals surface area contributed by atoms with Crippen LogP contribution in [0.1, 0.15) is 40.0 Å². The van der Waals surface area contributed by atoms with Gasteiger partial charge < -0.3 is 24.4 Å². The van der Waals surface area contributed by atoms with Crippen molar-refractivity contribution in [2.24, 2.45) is 0 Å². The zero-order chi connectivity index (χ0) is 20.8. The lowest BCUT2D eigenvalue weighted by atomic mass is 10.1. The van der Waals surface area contributed by atoms with Crippen molar-refractivity contribution in [3.8, 4) is 17.2 Å². The topological polar surface area (TPSA) is 90.0 Å². The van der Waals surface area contributed by atoms with E-state index < -0.39 is 0 Å². The Morgan fingerprint density at radius 3 is 2.10 bits per heavy atom. The van der Waals surface area contributed by atoms with Gasteiger partial charge in [-0.2, -0.15) is 0 Å². The molecular formula is C21H25N3O5. The van der Waals surface area contributed by atoms with Gasteiger partial charge in [0.05, 0.1) is 32.5 Å². The highest BCUT2D eigenvalue weighted by Gasteiger charge is 2.20. The standard InChI is InChI=1S/C21H25N3O5/c1-27-17-10-16(11-18(28-2)19(17)29-3)23-20(25)14-9-15(13-22-12-14)21(26)24-7-5-4-6-8-24/h9-13H,4-8H2,1-3H3,(H,23,25). The maximum atomic E-state index is 12.7. The van der Waals surface area contributed by atoms with Crippen LogP contribution in [0.2, 0.25) is 0 Å². The Labute approximate surface area is 169 Å². The molecule has 0 spiro atoms. The predicted octanol–water partition coefficient (Wildman–Crippen LogP) is 2.99. The Hall–Kier alpha value is -3.29. The van der Waals surface area contributed by atoms with E-state index in [0.29, 0.717) is 34.1 Å². The van der Waals surface area contributed by atoms with E-state index in [1.807, 2.05) is 0 Å². The van der Waals surface area contributed by atoms with Crippen molar-refractivity contribution in [3.05, 3.63) is 41.7 Å². The van der Waals surface area contributed by atoms with Crippen molar-refractivity contribution < 1.29 is 23.8 Å². The number of ether oxygens (including phenoxy) is 3. The molecule has 0 unspecified atom stereocenters. The molecule has 1 N–H and O–H groups in total. The molecule has 1 aromatic carbocycles. The Morgan fingerprint density at radius 2 is 1.52 bits per heavy atom. The first-order valence-electron chi connectivity index (χ1n) is 9.43. The van der Waals surface area contributed by atoms with Gasteiger partial charge in [0.2, 0.25) is 5.75 Å². The van der Waals surface area contributed by atoms with Gasteiger partial charge in [-0.3, -0.25) is 14.6 Å². The molecule has 1 aromatic heterocycles. The number of hydrogen-bond acceptors (Lipinski definition) is 6. The molecular weight excluding hydrogens is 374 g/mol. The maximum Gasteiger partial charge on any atom is 0.257 e. The fourth-order valence-electron chi connectivity index (χ4n) is 3.32. The number of likely N-dealkylation sites (tertiary alicyclic amines) is 1. The molecule has 29 heavy (non-hydrogen) atoms. The molecule has 8 heteroatoms. The summed E-state index contributed by atoms with van der Waals surface area (Å²) in [4.78, 5) is 31.3. The fraction of sp³-hybridized carbons (Fsp3) is 0.381. The zero-order valence-electron chi connectivity index (χ0n) is 16.9. The van der Waals surface area contributed by atoms with Crippen molar-refractivity contribution in [2.75, 3.05) is 39.7 Å². The number of benzene rings is 1. The van der Waals surface area contributed by atoms with Crippen molar-refractivity contribution >= 4 is 17.5 Å². The Bertz CT molecular complexity index is 869. The summed E-state index contributed by atoms with van der Waals surface area (Å²) >= 11 is 0. The molecule has 8 nitrogen and oxygen atoms in total. The second-order valence-electron chi connectivity index (χ2n) is 6.68. The van der Waals surface area contributed by atoms with E-state index in [-0.39, 0.29) is 11.8 Å². The van der Waals surface area contributed by atoms with Gasteiger partial charge in [-0.1, -0.05) is 0 Å². The first-order chi connectivity index (χ1) is 14.1. The summed E-state index contributed by atoms with van der Waals surface area (Å²) in [6.07, 6.45) is 6.06. The summed E-state index contributed by atoms with van der Waals surface area (Å²) in [7, 11) is 4.51. The normalized spacial score (nSPS) is 13.6. The van der Waals surface area contributed by atoms with Crippen molar-refractivity contribution in [1.82, 2.24) is 9.88 Å². The van der Waals surface area contributed by atoms with Crippen LogP contribution in [0.25, 0.3) is 0 Å². The third-order valence-corrected chi connectivity index (χ3v) is 4.81. The van der Waals surface area contributed by atoms with Crippen LogP contribution in [0, 0.1) is 0 Å². The average molecular weight is 399 g/mol. The molecule has 154 valence electrons. The number of amides is 2. The monoisotopic (exact) mass is 399 g/mol. The number of rotatable bonds is 6. The van der Waals surface area contributed by atoms with Crippen molar-refractivity contribution in [2.45, 2.75) is 19.3 Å². The van der Waals surface area contributed by atoms with Gasteiger partial charge in [0.1, 0.15) is 0 Å². The third kappa shape index (κ3) is 4.59. The minimum atomic E-state index is -0.389.